The highest BCUT2D eigenvalue weighted by molar-refractivity contribution is 6.34. The van der Waals surface area contributed by atoms with Crippen LogP contribution in [0.5, 0.6) is 0 Å². The first-order chi connectivity index (χ1) is 8.50. The van der Waals surface area contributed by atoms with Gasteiger partial charge in [0.1, 0.15) is 6.54 Å². The normalized spacial score (nSPS) is 15.4. The van der Waals surface area contributed by atoms with Crippen molar-refractivity contribution in [2.75, 3.05) is 20.1 Å². The van der Waals surface area contributed by atoms with Crippen molar-refractivity contribution in [2.45, 2.75) is 0 Å². The van der Waals surface area contributed by atoms with E-state index in [1.54, 1.807) is 24.3 Å². The van der Waals surface area contributed by atoms with Crippen molar-refractivity contribution in [3.63, 3.8) is 0 Å². The average Bonchev–Trinajstić information content (AvgIpc) is 2.56. The lowest BCUT2D eigenvalue weighted by molar-refractivity contribution is -0.125. The number of Topliss-reactive ketones (excluding diaryl/α,β-unsaturated/α-hetero) is 1. The summed E-state index contributed by atoms with van der Waals surface area (Å²) in [6.45, 7) is -0.264. The number of hydrogen-bond donors (Lipinski definition) is 0. The number of rotatable bonds is 3. The van der Waals surface area contributed by atoms with Crippen LogP contribution < -0.4 is 0 Å². The molecule has 0 aromatic heterocycles. The highest BCUT2D eigenvalue weighted by atomic mass is 35.5. The molecule has 1 aliphatic heterocycles. The summed E-state index contributed by atoms with van der Waals surface area (Å²) in [5.41, 5.74) is 0.314. The van der Waals surface area contributed by atoms with Gasteiger partial charge < -0.3 is 4.90 Å². The van der Waals surface area contributed by atoms with E-state index in [4.69, 9.17) is 11.6 Å². The second-order valence-electron chi connectivity index (χ2n) is 4.02. The topological polar surface area (TPSA) is 57.7 Å². The molecule has 1 fully saturated rings. The van der Waals surface area contributed by atoms with Crippen LogP contribution in [0.4, 0.5) is 4.79 Å². The molecule has 5 nitrogen and oxygen atoms in total. The third-order valence-electron chi connectivity index (χ3n) is 2.71. The Balaban J connectivity index is 2.16. The van der Waals surface area contributed by atoms with Gasteiger partial charge in [0, 0.05) is 12.6 Å². The number of amides is 3. The fraction of sp³-hybridized carbons (Fsp3) is 0.250. The number of ketones is 1. The third kappa shape index (κ3) is 2.22. The zero-order valence-corrected chi connectivity index (χ0v) is 10.5. The number of halogens is 1. The van der Waals surface area contributed by atoms with Crippen molar-refractivity contribution in [3.05, 3.63) is 34.9 Å². The molecule has 1 aliphatic rings. The number of carbonyl (C=O) groups is 3. The first-order valence-electron chi connectivity index (χ1n) is 5.34. The molecule has 0 spiro atoms. The molecule has 1 aromatic rings. The number of likely N-dealkylation sites (N-methyl/N-ethyl adjacent to an activating group) is 1. The molecule has 0 radical (unpaired) electrons. The van der Waals surface area contributed by atoms with Gasteiger partial charge >= 0.3 is 6.03 Å². The monoisotopic (exact) mass is 266 g/mol. The Morgan fingerprint density at radius 1 is 1.33 bits per heavy atom. The highest BCUT2D eigenvalue weighted by Gasteiger charge is 2.35. The van der Waals surface area contributed by atoms with Gasteiger partial charge in [-0.1, -0.05) is 23.7 Å². The fourth-order valence-corrected chi connectivity index (χ4v) is 1.98. The summed E-state index contributed by atoms with van der Waals surface area (Å²) in [6.07, 6.45) is 0. The van der Waals surface area contributed by atoms with Crippen molar-refractivity contribution < 1.29 is 14.4 Å². The number of nitrogens with zero attached hydrogens (tertiary/aromatic N) is 2. The molecule has 1 aromatic carbocycles. The van der Waals surface area contributed by atoms with Crippen LogP contribution >= 0.6 is 11.6 Å². The maximum absolute atomic E-state index is 12.0. The van der Waals surface area contributed by atoms with E-state index in [1.807, 2.05) is 0 Å². The SMILES string of the molecule is CN1CC(=O)N(CC(=O)c2ccccc2Cl)C1=O. The van der Waals surface area contributed by atoms with Crippen molar-refractivity contribution >= 4 is 29.3 Å². The highest BCUT2D eigenvalue weighted by Crippen LogP contribution is 2.17. The fourth-order valence-electron chi connectivity index (χ4n) is 1.74. The largest absolute Gasteiger partial charge is 0.327 e. The molecule has 6 heteroatoms. The number of imide groups is 1. The van der Waals surface area contributed by atoms with E-state index in [-0.39, 0.29) is 24.8 Å². The first-order valence-corrected chi connectivity index (χ1v) is 5.71. The summed E-state index contributed by atoms with van der Waals surface area (Å²) in [7, 11) is 1.51. The smallest absolute Gasteiger partial charge is 0.318 e. The predicted molar refractivity (Wildman–Crippen MR) is 65.5 cm³/mol. The molecule has 0 bridgehead atoms. The quantitative estimate of drug-likeness (QED) is 0.614. The zero-order valence-electron chi connectivity index (χ0n) is 9.72. The summed E-state index contributed by atoms with van der Waals surface area (Å²) < 4.78 is 0. The summed E-state index contributed by atoms with van der Waals surface area (Å²) in [6, 6.07) is 6.09. The molecule has 1 saturated heterocycles. The number of carbonyl (C=O) groups excluding carboxylic acids is 3. The van der Waals surface area contributed by atoms with Crippen LogP contribution in [0.3, 0.4) is 0 Å². The standard InChI is InChI=1S/C12H11ClN2O3/c1-14-7-11(17)15(12(14)18)6-10(16)8-4-2-3-5-9(8)13/h2-5H,6-7H2,1H3. The lowest BCUT2D eigenvalue weighted by Gasteiger charge is -2.13. The van der Waals surface area contributed by atoms with Crippen LogP contribution in [-0.2, 0) is 4.79 Å². The molecule has 0 N–H and O–H groups in total. The van der Waals surface area contributed by atoms with Crippen LogP contribution in [0.2, 0.25) is 5.02 Å². The van der Waals surface area contributed by atoms with Gasteiger partial charge in [-0.05, 0) is 12.1 Å². The Kier molecular flexibility index (Phi) is 3.34. The maximum Gasteiger partial charge on any atom is 0.327 e. The molecule has 2 rings (SSSR count). The van der Waals surface area contributed by atoms with E-state index >= 15 is 0 Å². The van der Waals surface area contributed by atoms with Gasteiger partial charge in [-0.15, -0.1) is 0 Å². The summed E-state index contributed by atoms with van der Waals surface area (Å²) in [5.74, 6) is -0.722. The Bertz CT molecular complexity index is 530. The van der Waals surface area contributed by atoms with Crippen molar-refractivity contribution in [1.82, 2.24) is 9.80 Å². The number of benzene rings is 1. The van der Waals surface area contributed by atoms with Crippen LogP contribution in [0, 0.1) is 0 Å². The summed E-state index contributed by atoms with van der Waals surface area (Å²) >= 11 is 5.89. The molecule has 3 amide bonds. The summed E-state index contributed by atoms with van der Waals surface area (Å²) in [4.78, 5) is 37.3. The molecule has 0 saturated carbocycles. The second-order valence-corrected chi connectivity index (χ2v) is 4.43. The Hall–Kier alpha value is -1.88. The Labute approximate surface area is 109 Å². The van der Waals surface area contributed by atoms with E-state index in [2.05, 4.69) is 0 Å². The van der Waals surface area contributed by atoms with Crippen molar-refractivity contribution in [3.8, 4) is 0 Å². The van der Waals surface area contributed by atoms with Gasteiger partial charge in [-0.3, -0.25) is 14.5 Å². The van der Waals surface area contributed by atoms with E-state index in [0.717, 1.165) is 4.90 Å². The predicted octanol–water partition coefficient (Wildman–Crippen LogP) is 1.42. The Morgan fingerprint density at radius 3 is 2.56 bits per heavy atom. The molecule has 18 heavy (non-hydrogen) atoms. The maximum atomic E-state index is 12.0. The van der Waals surface area contributed by atoms with Crippen molar-refractivity contribution in [1.29, 1.82) is 0 Å². The average molecular weight is 267 g/mol. The minimum absolute atomic E-state index is 0.00857. The third-order valence-corrected chi connectivity index (χ3v) is 3.04. The zero-order chi connectivity index (χ0) is 13.3. The van der Waals surface area contributed by atoms with Gasteiger partial charge in [-0.2, -0.15) is 0 Å². The lowest BCUT2D eigenvalue weighted by atomic mass is 10.1. The molecular formula is C12H11ClN2O3. The van der Waals surface area contributed by atoms with Gasteiger partial charge in [-0.25, -0.2) is 4.79 Å². The number of hydrogen-bond acceptors (Lipinski definition) is 3. The molecule has 1 heterocycles. The van der Waals surface area contributed by atoms with E-state index < -0.39 is 6.03 Å². The van der Waals surface area contributed by atoms with Crippen LogP contribution in [-0.4, -0.2) is 47.7 Å². The molecule has 0 aliphatic carbocycles. The van der Waals surface area contributed by atoms with Gasteiger partial charge in [0.2, 0.25) is 0 Å². The molecule has 0 unspecified atom stereocenters. The van der Waals surface area contributed by atoms with E-state index in [0.29, 0.717) is 10.6 Å². The number of urea groups is 1. The molecular weight excluding hydrogens is 256 g/mol. The van der Waals surface area contributed by atoms with E-state index in [9.17, 15) is 14.4 Å². The molecule has 94 valence electrons. The van der Waals surface area contributed by atoms with E-state index in [1.165, 1.54) is 11.9 Å². The minimum atomic E-state index is -0.458. The van der Waals surface area contributed by atoms with Gasteiger partial charge in [0.25, 0.3) is 5.91 Å². The van der Waals surface area contributed by atoms with Crippen molar-refractivity contribution in [2.24, 2.45) is 0 Å². The lowest BCUT2D eigenvalue weighted by Crippen LogP contribution is -2.36. The summed E-state index contributed by atoms with van der Waals surface area (Å²) in [5, 5.41) is 0.315. The first kappa shape index (κ1) is 12.6. The van der Waals surface area contributed by atoms with Gasteiger partial charge in [0.05, 0.1) is 11.6 Å². The molecule has 0 atom stereocenters. The van der Waals surface area contributed by atoms with Crippen LogP contribution in [0.1, 0.15) is 10.4 Å². The second kappa shape index (κ2) is 4.78. The Morgan fingerprint density at radius 2 is 2.00 bits per heavy atom. The van der Waals surface area contributed by atoms with Crippen LogP contribution in [0.15, 0.2) is 24.3 Å². The minimum Gasteiger partial charge on any atom is -0.318 e. The van der Waals surface area contributed by atoms with Crippen LogP contribution in [0.25, 0.3) is 0 Å². The van der Waals surface area contributed by atoms with Gasteiger partial charge in [0.15, 0.2) is 5.78 Å².